The Morgan fingerprint density at radius 3 is 2.95 bits per heavy atom. The van der Waals surface area contributed by atoms with Crippen LogP contribution in [0.1, 0.15) is 11.3 Å². The summed E-state index contributed by atoms with van der Waals surface area (Å²) < 4.78 is 1.92. The van der Waals surface area contributed by atoms with Crippen LogP contribution in [-0.2, 0) is 6.54 Å². The van der Waals surface area contributed by atoms with Crippen LogP contribution in [-0.4, -0.2) is 45.8 Å². The van der Waals surface area contributed by atoms with E-state index < -0.39 is 0 Å². The van der Waals surface area contributed by atoms with Crippen molar-refractivity contribution in [3.8, 4) is 5.69 Å². The van der Waals surface area contributed by atoms with E-state index in [0.717, 1.165) is 44.1 Å². The van der Waals surface area contributed by atoms with Crippen molar-refractivity contribution in [1.82, 2.24) is 25.0 Å². The van der Waals surface area contributed by atoms with E-state index in [1.165, 1.54) is 5.56 Å². The predicted molar refractivity (Wildman–Crippen MR) is 74.2 cm³/mol. The van der Waals surface area contributed by atoms with Gasteiger partial charge in [-0.25, -0.2) is 4.68 Å². The van der Waals surface area contributed by atoms with Gasteiger partial charge in [-0.2, -0.15) is 5.10 Å². The molecule has 1 fully saturated rings. The molecule has 1 aliphatic rings. The fraction of sp³-hybridized carbons (Fsp3) is 0.429. The maximum Gasteiger partial charge on any atom is 0.0679 e. The first-order valence-electron chi connectivity index (χ1n) is 6.71. The van der Waals surface area contributed by atoms with Crippen molar-refractivity contribution in [2.24, 2.45) is 0 Å². The average Bonchev–Trinajstić information content (AvgIpc) is 2.88. The topological polar surface area (TPSA) is 46.0 Å². The summed E-state index contributed by atoms with van der Waals surface area (Å²) in [6, 6.07) is 4.02. The van der Waals surface area contributed by atoms with Crippen LogP contribution in [0.15, 0.2) is 30.7 Å². The molecule has 0 aliphatic carbocycles. The van der Waals surface area contributed by atoms with Crippen LogP contribution in [0.2, 0.25) is 0 Å². The third kappa shape index (κ3) is 3.00. The van der Waals surface area contributed by atoms with Gasteiger partial charge in [-0.1, -0.05) is 0 Å². The lowest BCUT2D eigenvalue weighted by atomic mass is 10.3. The van der Waals surface area contributed by atoms with Crippen molar-refractivity contribution in [2.45, 2.75) is 13.5 Å². The second-order valence-corrected chi connectivity index (χ2v) is 4.97. The zero-order chi connectivity index (χ0) is 13.1. The maximum atomic E-state index is 4.44. The molecule has 0 saturated carbocycles. The Hall–Kier alpha value is -1.72. The highest BCUT2D eigenvalue weighted by Crippen LogP contribution is 2.10. The number of aromatic nitrogens is 3. The summed E-state index contributed by atoms with van der Waals surface area (Å²) in [6.45, 7) is 7.36. The SMILES string of the molecule is Cc1cc(-n2cc(CN3CCNCC3)cn2)ccn1. The summed E-state index contributed by atoms with van der Waals surface area (Å²) in [4.78, 5) is 6.66. The molecule has 0 unspecified atom stereocenters. The van der Waals surface area contributed by atoms with Gasteiger partial charge in [-0.15, -0.1) is 0 Å². The van der Waals surface area contributed by atoms with Crippen molar-refractivity contribution in [3.63, 3.8) is 0 Å². The average molecular weight is 257 g/mol. The van der Waals surface area contributed by atoms with Crippen molar-refractivity contribution in [2.75, 3.05) is 26.2 Å². The molecule has 19 heavy (non-hydrogen) atoms. The summed E-state index contributed by atoms with van der Waals surface area (Å²) in [5.74, 6) is 0. The fourth-order valence-corrected chi connectivity index (χ4v) is 2.38. The summed E-state index contributed by atoms with van der Waals surface area (Å²) >= 11 is 0. The molecule has 2 aromatic rings. The van der Waals surface area contributed by atoms with E-state index in [9.17, 15) is 0 Å². The lowest BCUT2D eigenvalue weighted by Crippen LogP contribution is -2.42. The fourth-order valence-electron chi connectivity index (χ4n) is 2.38. The van der Waals surface area contributed by atoms with Gasteiger partial charge in [-0.05, 0) is 19.1 Å². The summed E-state index contributed by atoms with van der Waals surface area (Å²) in [5, 5.41) is 7.81. The highest BCUT2D eigenvalue weighted by atomic mass is 15.3. The molecular weight excluding hydrogens is 238 g/mol. The third-order valence-corrected chi connectivity index (χ3v) is 3.40. The molecule has 0 spiro atoms. The smallest absolute Gasteiger partial charge is 0.0679 e. The zero-order valence-electron chi connectivity index (χ0n) is 11.2. The first-order valence-corrected chi connectivity index (χ1v) is 6.71. The van der Waals surface area contributed by atoms with E-state index in [4.69, 9.17) is 0 Å². The second-order valence-electron chi connectivity index (χ2n) is 4.97. The molecule has 5 heteroatoms. The molecule has 5 nitrogen and oxygen atoms in total. The van der Waals surface area contributed by atoms with E-state index >= 15 is 0 Å². The Morgan fingerprint density at radius 2 is 2.16 bits per heavy atom. The molecule has 3 rings (SSSR count). The molecule has 0 bridgehead atoms. The summed E-state index contributed by atoms with van der Waals surface area (Å²) in [6.07, 6.45) is 5.89. The molecule has 3 heterocycles. The van der Waals surface area contributed by atoms with E-state index in [2.05, 4.69) is 26.5 Å². The van der Waals surface area contributed by atoms with Gasteiger partial charge in [0.2, 0.25) is 0 Å². The van der Waals surface area contributed by atoms with E-state index in [-0.39, 0.29) is 0 Å². The highest BCUT2D eigenvalue weighted by Gasteiger charge is 2.11. The van der Waals surface area contributed by atoms with Crippen LogP contribution in [0.5, 0.6) is 0 Å². The highest BCUT2D eigenvalue weighted by molar-refractivity contribution is 5.31. The number of piperazine rings is 1. The van der Waals surface area contributed by atoms with Crippen molar-refractivity contribution in [3.05, 3.63) is 42.0 Å². The van der Waals surface area contributed by atoms with Gasteiger partial charge in [0.1, 0.15) is 0 Å². The molecule has 0 radical (unpaired) electrons. The van der Waals surface area contributed by atoms with Gasteiger partial charge in [0.25, 0.3) is 0 Å². The number of pyridine rings is 1. The second kappa shape index (κ2) is 5.50. The van der Waals surface area contributed by atoms with Crippen LogP contribution in [0.25, 0.3) is 5.69 Å². The van der Waals surface area contributed by atoms with Crippen LogP contribution < -0.4 is 5.32 Å². The lowest BCUT2D eigenvalue weighted by molar-refractivity contribution is 0.233. The van der Waals surface area contributed by atoms with Gasteiger partial charge in [-0.3, -0.25) is 9.88 Å². The molecule has 0 atom stereocenters. The Kier molecular flexibility index (Phi) is 3.57. The molecule has 2 aromatic heterocycles. The molecule has 1 aliphatic heterocycles. The summed E-state index contributed by atoms with van der Waals surface area (Å²) in [7, 11) is 0. The summed E-state index contributed by atoms with van der Waals surface area (Å²) in [5.41, 5.74) is 3.34. The minimum absolute atomic E-state index is 0.978. The maximum absolute atomic E-state index is 4.44. The van der Waals surface area contributed by atoms with E-state index in [1.54, 1.807) is 0 Å². The first kappa shape index (κ1) is 12.3. The van der Waals surface area contributed by atoms with E-state index in [0.29, 0.717) is 0 Å². The monoisotopic (exact) mass is 257 g/mol. The molecule has 1 saturated heterocycles. The Bertz CT molecular complexity index is 542. The van der Waals surface area contributed by atoms with Gasteiger partial charge in [0.15, 0.2) is 0 Å². The minimum atomic E-state index is 0.978. The normalized spacial score (nSPS) is 16.7. The van der Waals surface area contributed by atoms with Gasteiger partial charge < -0.3 is 5.32 Å². The number of hydrogen-bond acceptors (Lipinski definition) is 4. The molecule has 1 N–H and O–H groups in total. The zero-order valence-corrected chi connectivity index (χ0v) is 11.2. The van der Waals surface area contributed by atoms with E-state index in [1.807, 2.05) is 36.1 Å². The predicted octanol–water partition coefficient (Wildman–Crippen LogP) is 0.981. The number of hydrogen-bond donors (Lipinski definition) is 1. The largest absolute Gasteiger partial charge is 0.314 e. The quantitative estimate of drug-likeness (QED) is 0.890. The van der Waals surface area contributed by atoms with Crippen molar-refractivity contribution in [1.29, 1.82) is 0 Å². The molecule has 100 valence electrons. The molecular formula is C14H19N5. The Morgan fingerprint density at radius 1 is 1.32 bits per heavy atom. The number of aryl methyl sites for hydroxylation is 1. The van der Waals surface area contributed by atoms with Gasteiger partial charge in [0, 0.05) is 56.4 Å². The minimum Gasteiger partial charge on any atom is -0.314 e. The molecule has 0 amide bonds. The molecule has 0 aromatic carbocycles. The first-order chi connectivity index (χ1) is 9.31. The Labute approximate surface area is 113 Å². The van der Waals surface area contributed by atoms with Gasteiger partial charge >= 0.3 is 0 Å². The standard InChI is InChI=1S/C14H19N5/c1-12-8-14(2-3-16-12)19-11-13(9-17-19)10-18-6-4-15-5-7-18/h2-3,8-9,11,15H,4-7,10H2,1H3. The van der Waals surface area contributed by atoms with Crippen LogP contribution in [0.3, 0.4) is 0 Å². The van der Waals surface area contributed by atoms with Crippen LogP contribution >= 0.6 is 0 Å². The number of nitrogens with zero attached hydrogens (tertiary/aromatic N) is 4. The van der Waals surface area contributed by atoms with Crippen LogP contribution in [0, 0.1) is 6.92 Å². The number of nitrogens with one attached hydrogen (secondary N) is 1. The van der Waals surface area contributed by atoms with Crippen LogP contribution in [0.4, 0.5) is 0 Å². The van der Waals surface area contributed by atoms with Crippen molar-refractivity contribution < 1.29 is 0 Å². The Balaban J connectivity index is 1.72. The lowest BCUT2D eigenvalue weighted by Gasteiger charge is -2.26. The van der Waals surface area contributed by atoms with Gasteiger partial charge in [0.05, 0.1) is 11.9 Å². The third-order valence-electron chi connectivity index (χ3n) is 3.40. The van der Waals surface area contributed by atoms with Crippen molar-refractivity contribution >= 4 is 0 Å². The number of rotatable bonds is 3.